The Morgan fingerprint density at radius 3 is 2.15 bits per heavy atom. The molecule has 1 aromatic heterocycles. The minimum absolute atomic E-state index is 0.635. The molecule has 3 aromatic rings. The minimum Gasteiger partial charge on any atom is -0.497 e. The van der Waals surface area contributed by atoms with Crippen molar-refractivity contribution in [1.82, 2.24) is 4.98 Å². The molecular formula is C21H24N2O3. The van der Waals surface area contributed by atoms with Crippen LogP contribution in [-0.2, 0) is 6.42 Å². The number of rotatable bonds is 6. The molecule has 0 bridgehead atoms. The van der Waals surface area contributed by atoms with Crippen molar-refractivity contribution in [3.63, 3.8) is 0 Å². The number of ether oxygens (including phenoxy) is 3. The average molecular weight is 352 g/mol. The maximum absolute atomic E-state index is 6.55. The van der Waals surface area contributed by atoms with E-state index in [-0.39, 0.29) is 0 Å². The lowest BCUT2D eigenvalue weighted by molar-refractivity contribution is 0.356. The van der Waals surface area contributed by atoms with Gasteiger partial charge in [-0.25, -0.2) is 4.98 Å². The Hall–Kier alpha value is -2.95. The molecule has 26 heavy (non-hydrogen) atoms. The van der Waals surface area contributed by atoms with Gasteiger partial charge in [-0.2, -0.15) is 0 Å². The molecule has 2 N–H and O–H groups in total. The monoisotopic (exact) mass is 352 g/mol. The van der Waals surface area contributed by atoms with Gasteiger partial charge in [-0.05, 0) is 36.8 Å². The van der Waals surface area contributed by atoms with Gasteiger partial charge in [0.2, 0.25) is 0 Å². The fourth-order valence-electron chi connectivity index (χ4n) is 3.15. The van der Waals surface area contributed by atoms with E-state index < -0.39 is 0 Å². The molecule has 0 aliphatic heterocycles. The highest BCUT2D eigenvalue weighted by Gasteiger charge is 2.17. The second-order valence-electron chi connectivity index (χ2n) is 6.06. The van der Waals surface area contributed by atoms with Crippen molar-refractivity contribution in [3.8, 4) is 28.5 Å². The number of hydrogen-bond donors (Lipinski definition) is 1. The average Bonchev–Trinajstić information content (AvgIpc) is 2.69. The molecule has 0 fully saturated rings. The summed E-state index contributed by atoms with van der Waals surface area (Å²) in [6.45, 7) is 2.13. The standard InChI is InChI=1S/C21H24N2O3/c1-5-6-15-20(22)16-11-18(25-3)19(26-4)12-17(16)23-21(15)13-7-9-14(24-2)10-8-13/h7-12H,5-6H2,1-4H3,(H2,22,23). The van der Waals surface area contributed by atoms with Crippen molar-refractivity contribution < 1.29 is 14.2 Å². The van der Waals surface area contributed by atoms with Crippen LogP contribution in [0, 0.1) is 0 Å². The van der Waals surface area contributed by atoms with Gasteiger partial charge < -0.3 is 19.9 Å². The van der Waals surface area contributed by atoms with Gasteiger partial charge in [-0.3, -0.25) is 0 Å². The summed E-state index contributed by atoms with van der Waals surface area (Å²) >= 11 is 0. The van der Waals surface area contributed by atoms with Crippen molar-refractivity contribution in [2.45, 2.75) is 19.8 Å². The Kier molecular flexibility index (Phi) is 5.16. The van der Waals surface area contributed by atoms with Crippen LogP contribution in [0.4, 0.5) is 5.69 Å². The molecule has 0 spiro atoms. The highest BCUT2D eigenvalue weighted by Crippen LogP contribution is 2.38. The number of nitrogens with zero attached hydrogens (tertiary/aromatic N) is 1. The Morgan fingerprint density at radius 1 is 0.923 bits per heavy atom. The zero-order valence-electron chi connectivity index (χ0n) is 15.6. The highest BCUT2D eigenvalue weighted by atomic mass is 16.5. The summed E-state index contributed by atoms with van der Waals surface area (Å²) in [5.74, 6) is 2.09. The molecule has 136 valence electrons. The number of hydrogen-bond acceptors (Lipinski definition) is 5. The zero-order valence-corrected chi connectivity index (χ0v) is 15.6. The molecule has 0 atom stereocenters. The quantitative estimate of drug-likeness (QED) is 0.709. The molecule has 0 unspecified atom stereocenters. The first-order chi connectivity index (χ1) is 12.6. The number of pyridine rings is 1. The summed E-state index contributed by atoms with van der Waals surface area (Å²) in [7, 11) is 4.89. The van der Waals surface area contributed by atoms with Crippen LogP contribution >= 0.6 is 0 Å². The van der Waals surface area contributed by atoms with E-state index in [0.717, 1.165) is 52.0 Å². The van der Waals surface area contributed by atoms with Gasteiger partial charge in [0.1, 0.15) is 5.75 Å². The van der Waals surface area contributed by atoms with Gasteiger partial charge in [-0.15, -0.1) is 0 Å². The van der Waals surface area contributed by atoms with Gasteiger partial charge in [-0.1, -0.05) is 13.3 Å². The molecule has 5 heteroatoms. The number of anilines is 1. The first-order valence-corrected chi connectivity index (χ1v) is 8.61. The Balaban J connectivity index is 2.27. The number of benzene rings is 2. The smallest absolute Gasteiger partial charge is 0.162 e. The number of fused-ring (bicyclic) bond motifs is 1. The fourth-order valence-corrected chi connectivity index (χ4v) is 3.15. The van der Waals surface area contributed by atoms with Crippen molar-refractivity contribution >= 4 is 16.6 Å². The Labute approximate surface area is 153 Å². The molecule has 0 saturated heterocycles. The van der Waals surface area contributed by atoms with Crippen LogP contribution in [0.25, 0.3) is 22.2 Å². The third-order valence-corrected chi connectivity index (χ3v) is 4.50. The Morgan fingerprint density at radius 2 is 1.58 bits per heavy atom. The van der Waals surface area contributed by atoms with Crippen LogP contribution in [0.2, 0.25) is 0 Å². The van der Waals surface area contributed by atoms with Gasteiger partial charge in [0, 0.05) is 28.3 Å². The third kappa shape index (κ3) is 3.12. The predicted octanol–water partition coefficient (Wildman–Crippen LogP) is 4.46. The van der Waals surface area contributed by atoms with E-state index in [1.54, 1.807) is 21.3 Å². The van der Waals surface area contributed by atoms with Crippen LogP contribution in [0.3, 0.4) is 0 Å². The second kappa shape index (κ2) is 7.52. The molecule has 0 aliphatic carbocycles. The normalized spacial score (nSPS) is 10.8. The molecule has 0 radical (unpaired) electrons. The predicted molar refractivity (Wildman–Crippen MR) is 105 cm³/mol. The van der Waals surface area contributed by atoms with Crippen LogP contribution in [0.5, 0.6) is 17.2 Å². The number of methoxy groups -OCH3 is 3. The largest absolute Gasteiger partial charge is 0.497 e. The summed E-state index contributed by atoms with van der Waals surface area (Å²) in [4.78, 5) is 4.91. The zero-order chi connectivity index (χ0) is 18.7. The van der Waals surface area contributed by atoms with E-state index in [1.807, 2.05) is 36.4 Å². The van der Waals surface area contributed by atoms with Crippen molar-refractivity contribution in [2.75, 3.05) is 27.1 Å². The molecular weight excluding hydrogens is 328 g/mol. The maximum Gasteiger partial charge on any atom is 0.162 e. The second-order valence-corrected chi connectivity index (χ2v) is 6.06. The molecule has 0 aliphatic rings. The van der Waals surface area contributed by atoms with Crippen molar-refractivity contribution in [1.29, 1.82) is 0 Å². The molecule has 5 nitrogen and oxygen atoms in total. The van der Waals surface area contributed by atoms with E-state index in [0.29, 0.717) is 11.5 Å². The molecule has 0 saturated carbocycles. The van der Waals surface area contributed by atoms with Gasteiger partial charge in [0.15, 0.2) is 11.5 Å². The third-order valence-electron chi connectivity index (χ3n) is 4.50. The summed E-state index contributed by atoms with van der Waals surface area (Å²) in [5.41, 5.74) is 11.0. The Bertz CT molecular complexity index is 921. The van der Waals surface area contributed by atoms with Gasteiger partial charge in [0.25, 0.3) is 0 Å². The summed E-state index contributed by atoms with van der Waals surface area (Å²) in [5, 5.41) is 0.878. The number of nitrogen functional groups attached to an aromatic ring is 1. The lowest BCUT2D eigenvalue weighted by Gasteiger charge is -2.16. The molecule has 1 heterocycles. The maximum atomic E-state index is 6.55. The first kappa shape index (κ1) is 17.9. The number of aromatic nitrogens is 1. The van der Waals surface area contributed by atoms with Crippen molar-refractivity contribution in [3.05, 3.63) is 42.0 Å². The van der Waals surface area contributed by atoms with Crippen LogP contribution in [0.1, 0.15) is 18.9 Å². The van der Waals surface area contributed by atoms with E-state index >= 15 is 0 Å². The van der Waals surface area contributed by atoms with E-state index in [2.05, 4.69) is 6.92 Å². The lowest BCUT2D eigenvalue weighted by Crippen LogP contribution is -2.03. The summed E-state index contributed by atoms with van der Waals surface area (Å²) < 4.78 is 16.1. The van der Waals surface area contributed by atoms with Crippen LogP contribution in [-0.4, -0.2) is 26.3 Å². The molecule has 2 aromatic carbocycles. The van der Waals surface area contributed by atoms with Crippen LogP contribution < -0.4 is 19.9 Å². The molecule has 0 amide bonds. The first-order valence-electron chi connectivity index (χ1n) is 8.61. The van der Waals surface area contributed by atoms with Crippen molar-refractivity contribution in [2.24, 2.45) is 0 Å². The van der Waals surface area contributed by atoms with E-state index in [1.165, 1.54) is 0 Å². The number of nitrogens with two attached hydrogens (primary N) is 1. The topological polar surface area (TPSA) is 66.6 Å². The van der Waals surface area contributed by atoms with Gasteiger partial charge in [0.05, 0.1) is 32.5 Å². The van der Waals surface area contributed by atoms with Gasteiger partial charge >= 0.3 is 0 Å². The van der Waals surface area contributed by atoms with E-state index in [9.17, 15) is 0 Å². The lowest BCUT2D eigenvalue weighted by atomic mass is 9.97. The SMILES string of the molecule is CCCc1c(-c2ccc(OC)cc2)nc2cc(OC)c(OC)cc2c1N. The van der Waals surface area contributed by atoms with Crippen LogP contribution in [0.15, 0.2) is 36.4 Å². The highest BCUT2D eigenvalue weighted by molar-refractivity contribution is 5.97. The summed E-state index contributed by atoms with van der Waals surface area (Å²) in [6.07, 6.45) is 1.83. The summed E-state index contributed by atoms with van der Waals surface area (Å²) in [6, 6.07) is 11.6. The van der Waals surface area contributed by atoms with E-state index in [4.69, 9.17) is 24.9 Å². The molecule has 3 rings (SSSR count). The fraction of sp³-hybridized carbons (Fsp3) is 0.286. The minimum atomic E-state index is 0.635.